The Hall–Kier alpha value is -3.10. The molecule has 0 spiro atoms. The number of benzene rings is 2. The molecule has 0 N–H and O–H groups in total. The van der Waals surface area contributed by atoms with Crippen LogP contribution >= 0.6 is 0 Å². The molecule has 0 bridgehead atoms. The van der Waals surface area contributed by atoms with E-state index in [1.165, 1.54) is 11.2 Å². The van der Waals surface area contributed by atoms with Gasteiger partial charge in [-0.05, 0) is 43.3 Å². The standard InChI is InChI=1S/C23H26N2O5S/c1-19-10-12-22(13-11-19)31(27,28)25(17-21-9-6-15-29-21)18-23(26)24(2)14-16-30-20-7-4-3-5-8-20/h3-13,15H,14,16-18H2,1-2H3. The van der Waals surface area contributed by atoms with Gasteiger partial charge in [0.2, 0.25) is 15.9 Å². The van der Waals surface area contributed by atoms with Gasteiger partial charge in [0.1, 0.15) is 18.1 Å². The number of likely N-dealkylation sites (N-methyl/N-ethyl adjacent to an activating group) is 1. The summed E-state index contributed by atoms with van der Waals surface area (Å²) in [4.78, 5) is 14.4. The third-order valence-corrected chi connectivity index (χ3v) is 6.55. The van der Waals surface area contributed by atoms with E-state index in [2.05, 4.69) is 0 Å². The van der Waals surface area contributed by atoms with Crippen molar-refractivity contribution in [3.8, 4) is 5.75 Å². The predicted molar refractivity (Wildman–Crippen MR) is 117 cm³/mol. The monoisotopic (exact) mass is 442 g/mol. The third kappa shape index (κ3) is 6.19. The summed E-state index contributed by atoms with van der Waals surface area (Å²) in [5.74, 6) is 0.835. The highest BCUT2D eigenvalue weighted by Crippen LogP contribution is 2.19. The Morgan fingerprint density at radius 2 is 1.71 bits per heavy atom. The maximum atomic E-state index is 13.2. The van der Waals surface area contributed by atoms with Crippen LogP contribution in [0.5, 0.6) is 5.75 Å². The van der Waals surface area contributed by atoms with Crippen LogP contribution in [0.15, 0.2) is 82.3 Å². The molecule has 8 heteroatoms. The second-order valence-electron chi connectivity index (χ2n) is 7.14. The van der Waals surface area contributed by atoms with Crippen molar-refractivity contribution < 1.29 is 22.4 Å². The van der Waals surface area contributed by atoms with E-state index in [9.17, 15) is 13.2 Å². The van der Waals surface area contributed by atoms with Crippen molar-refractivity contribution in [1.29, 1.82) is 0 Å². The van der Waals surface area contributed by atoms with Gasteiger partial charge in [-0.3, -0.25) is 4.79 Å². The summed E-state index contributed by atoms with van der Waals surface area (Å²) in [6.07, 6.45) is 1.47. The van der Waals surface area contributed by atoms with Gasteiger partial charge in [0.05, 0.1) is 30.8 Å². The number of para-hydroxylation sites is 1. The Labute approximate surface area is 182 Å². The van der Waals surface area contributed by atoms with Gasteiger partial charge in [-0.1, -0.05) is 35.9 Å². The number of sulfonamides is 1. The van der Waals surface area contributed by atoms with Crippen molar-refractivity contribution in [2.45, 2.75) is 18.4 Å². The SMILES string of the molecule is Cc1ccc(S(=O)(=O)N(CC(=O)N(C)CCOc2ccccc2)Cc2ccco2)cc1. The molecule has 1 amide bonds. The highest BCUT2D eigenvalue weighted by molar-refractivity contribution is 7.89. The lowest BCUT2D eigenvalue weighted by atomic mass is 10.2. The second-order valence-corrected chi connectivity index (χ2v) is 9.08. The first-order valence-electron chi connectivity index (χ1n) is 9.87. The van der Waals surface area contributed by atoms with E-state index in [1.54, 1.807) is 43.4 Å². The Morgan fingerprint density at radius 3 is 2.35 bits per heavy atom. The van der Waals surface area contributed by atoms with Crippen molar-refractivity contribution in [3.63, 3.8) is 0 Å². The first-order valence-corrected chi connectivity index (χ1v) is 11.3. The summed E-state index contributed by atoms with van der Waals surface area (Å²) in [6.45, 7) is 2.16. The zero-order chi connectivity index (χ0) is 22.3. The maximum Gasteiger partial charge on any atom is 0.243 e. The number of hydrogen-bond donors (Lipinski definition) is 0. The lowest BCUT2D eigenvalue weighted by Crippen LogP contribution is -2.42. The fraction of sp³-hybridized carbons (Fsp3) is 0.261. The van der Waals surface area contributed by atoms with Crippen LogP contribution in [0, 0.1) is 6.92 Å². The van der Waals surface area contributed by atoms with Gasteiger partial charge in [-0.15, -0.1) is 0 Å². The number of rotatable bonds is 10. The van der Waals surface area contributed by atoms with E-state index < -0.39 is 10.0 Å². The molecule has 0 unspecified atom stereocenters. The molecule has 164 valence electrons. The fourth-order valence-corrected chi connectivity index (χ4v) is 4.23. The number of amides is 1. The van der Waals surface area contributed by atoms with Crippen LogP contribution in [0.2, 0.25) is 0 Å². The zero-order valence-corrected chi connectivity index (χ0v) is 18.4. The van der Waals surface area contributed by atoms with E-state index in [-0.39, 0.29) is 23.9 Å². The minimum absolute atomic E-state index is 0.0384. The summed E-state index contributed by atoms with van der Waals surface area (Å²) in [6, 6.07) is 19.2. The van der Waals surface area contributed by atoms with E-state index >= 15 is 0 Å². The van der Waals surface area contributed by atoms with Gasteiger partial charge >= 0.3 is 0 Å². The van der Waals surface area contributed by atoms with Gasteiger partial charge in [0, 0.05) is 7.05 Å². The van der Waals surface area contributed by atoms with Crippen molar-refractivity contribution in [2.24, 2.45) is 0 Å². The summed E-state index contributed by atoms with van der Waals surface area (Å²) in [7, 11) is -2.27. The van der Waals surface area contributed by atoms with Crippen molar-refractivity contribution in [3.05, 3.63) is 84.3 Å². The van der Waals surface area contributed by atoms with E-state index in [1.807, 2.05) is 37.3 Å². The highest BCUT2D eigenvalue weighted by Gasteiger charge is 2.28. The van der Waals surface area contributed by atoms with Gasteiger partial charge in [0.25, 0.3) is 0 Å². The first-order chi connectivity index (χ1) is 14.9. The number of carbonyl (C=O) groups excluding carboxylic acids is 1. The van der Waals surface area contributed by atoms with Gasteiger partial charge in [-0.25, -0.2) is 8.42 Å². The Bertz CT molecular complexity index is 1060. The summed E-state index contributed by atoms with van der Waals surface area (Å²) < 4.78 is 38.5. The van der Waals surface area contributed by atoms with Crippen molar-refractivity contribution >= 4 is 15.9 Å². The average molecular weight is 443 g/mol. The number of hydrogen-bond acceptors (Lipinski definition) is 5. The summed E-state index contributed by atoms with van der Waals surface area (Å²) >= 11 is 0. The second kappa shape index (κ2) is 10.3. The summed E-state index contributed by atoms with van der Waals surface area (Å²) in [5.41, 5.74) is 0.950. The van der Waals surface area contributed by atoms with Crippen LogP contribution in [0.25, 0.3) is 0 Å². The van der Waals surface area contributed by atoms with Crippen LogP contribution in [-0.4, -0.2) is 50.3 Å². The number of furan rings is 1. The maximum absolute atomic E-state index is 13.2. The van der Waals surface area contributed by atoms with E-state index in [0.717, 1.165) is 9.87 Å². The number of carbonyl (C=O) groups is 1. The molecule has 0 radical (unpaired) electrons. The molecule has 3 rings (SSSR count). The third-order valence-electron chi connectivity index (χ3n) is 4.75. The molecule has 0 saturated heterocycles. The van der Waals surface area contributed by atoms with Crippen molar-refractivity contribution in [1.82, 2.24) is 9.21 Å². The minimum Gasteiger partial charge on any atom is -0.492 e. The minimum atomic E-state index is -3.89. The zero-order valence-electron chi connectivity index (χ0n) is 17.6. The van der Waals surface area contributed by atoms with Crippen LogP contribution in [0.4, 0.5) is 0 Å². The molecule has 0 aliphatic heterocycles. The molecular weight excluding hydrogens is 416 g/mol. The first kappa shape index (κ1) is 22.6. The molecule has 7 nitrogen and oxygen atoms in total. The molecule has 1 aromatic heterocycles. The lowest BCUT2D eigenvalue weighted by molar-refractivity contribution is -0.130. The van der Waals surface area contributed by atoms with Gasteiger partial charge in [-0.2, -0.15) is 4.31 Å². The fourth-order valence-electron chi connectivity index (χ4n) is 2.87. The number of aryl methyl sites for hydroxylation is 1. The van der Waals surface area contributed by atoms with E-state index in [4.69, 9.17) is 9.15 Å². The normalized spacial score (nSPS) is 11.5. The molecule has 3 aromatic rings. The quantitative estimate of drug-likeness (QED) is 0.481. The largest absolute Gasteiger partial charge is 0.492 e. The van der Waals surface area contributed by atoms with Crippen molar-refractivity contribution in [2.75, 3.05) is 26.7 Å². The average Bonchev–Trinajstić information content (AvgIpc) is 3.27. The Kier molecular flexibility index (Phi) is 7.49. The lowest BCUT2D eigenvalue weighted by Gasteiger charge is -2.24. The topological polar surface area (TPSA) is 80.1 Å². The predicted octanol–water partition coefficient (Wildman–Crippen LogP) is 3.32. The van der Waals surface area contributed by atoms with Crippen LogP contribution in [0.3, 0.4) is 0 Å². The highest BCUT2D eigenvalue weighted by atomic mass is 32.2. The Balaban J connectivity index is 1.68. The van der Waals surface area contributed by atoms with Gasteiger partial charge < -0.3 is 14.1 Å². The molecule has 31 heavy (non-hydrogen) atoms. The van der Waals surface area contributed by atoms with Crippen LogP contribution < -0.4 is 4.74 Å². The molecule has 2 aromatic carbocycles. The van der Waals surface area contributed by atoms with Crippen LogP contribution in [0.1, 0.15) is 11.3 Å². The molecule has 1 heterocycles. The smallest absolute Gasteiger partial charge is 0.243 e. The molecule has 0 saturated carbocycles. The van der Waals surface area contributed by atoms with E-state index in [0.29, 0.717) is 24.7 Å². The van der Waals surface area contributed by atoms with Gasteiger partial charge in [0.15, 0.2) is 0 Å². The molecular formula is C23H26N2O5S. The molecule has 0 aliphatic rings. The molecule has 0 fully saturated rings. The number of nitrogens with zero attached hydrogens (tertiary/aromatic N) is 2. The molecule has 0 aliphatic carbocycles. The summed E-state index contributed by atoms with van der Waals surface area (Å²) in [5, 5.41) is 0. The molecule has 0 atom stereocenters. The number of ether oxygens (including phenoxy) is 1. The van der Waals surface area contributed by atoms with Crippen LogP contribution in [-0.2, 0) is 21.4 Å². The Morgan fingerprint density at radius 1 is 1.00 bits per heavy atom.